The summed E-state index contributed by atoms with van der Waals surface area (Å²) in [4.78, 5) is 7.54. The summed E-state index contributed by atoms with van der Waals surface area (Å²) in [6.45, 7) is 3.12. The normalized spacial score (nSPS) is 12.3. The molecule has 0 radical (unpaired) electrons. The minimum atomic E-state index is 0.441. The smallest absolute Gasteiger partial charge is 0.137 e. The zero-order chi connectivity index (χ0) is 17.8. The summed E-state index contributed by atoms with van der Waals surface area (Å²) in [7, 11) is 0. The predicted molar refractivity (Wildman–Crippen MR) is 108 cm³/mol. The molecule has 130 valence electrons. The van der Waals surface area contributed by atoms with Crippen LogP contribution in [0.3, 0.4) is 0 Å². The molecule has 1 atom stereocenters. The number of fused-ring (bicyclic) bond motifs is 1. The molecule has 3 nitrogen and oxygen atoms in total. The SMILES string of the molecule is CC(Cc1ccccc1)NCc1ccc(-c2ccnc3[nH]ccc23)cc1. The Balaban J connectivity index is 1.41. The molecule has 2 aromatic carbocycles. The molecule has 2 N–H and O–H groups in total. The van der Waals surface area contributed by atoms with Crippen LogP contribution in [0.5, 0.6) is 0 Å². The molecule has 0 aliphatic heterocycles. The maximum absolute atomic E-state index is 4.36. The summed E-state index contributed by atoms with van der Waals surface area (Å²) < 4.78 is 0. The number of rotatable bonds is 6. The number of nitrogens with one attached hydrogen (secondary N) is 2. The largest absolute Gasteiger partial charge is 0.346 e. The third kappa shape index (κ3) is 3.68. The van der Waals surface area contributed by atoms with Crippen molar-refractivity contribution in [1.29, 1.82) is 0 Å². The molecule has 0 bridgehead atoms. The van der Waals surface area contributed by atoms with Gasteiger partial charge in [0.05, 0.1) is 0 Å². The lowest BCUT2D eigenvalue weighted by atomic mass is 10.0. The predicted octanol–water partition coefficient (Wildman–Crippen LogP) is 4.95. The monoisotopic (exact) mass is 341 g/mol. The minimum absolute atomic E-state index is 0.441. The van der Waals surface area contributed by atoms with Crippen molar-refractivity contribution in [3.8, 4) is 11.1 Å². The Kier molecular flexibility index (Phi) is 4.80. The van der Waals surface area contributed by atoms with Crippen LogP contribution in [0, 0.1) is 0 Å². The van der Waals surface area contributed by atoms with Crippen LogP contribution in [-0.4, -0.2) is 16.0 Å². The molecule has 0 amide bonds. The van der Waals surface area contributed by atoms with Crippen molar-refractivity contribution in [2.24, 2.45) is 0 Å². The van der Waals surface area contributed by atoms with Crippen molar-refractivity contribution >= 4 is 11.0 Å². The lowest BCUT2D eigenvalue weighted by molar-refractivity contribution is 0.545. The van der Waals surface area contributed by atoms with E-state index in [0.29, 0.717) is 6.04 Å². The van der Waals surface area contributed by atoms with Gasteiger partial charge in [-0.3, -0.25) is 0 Å². The van der Waals surface area contributed by atoms with Gasteiger partial charge in [-0.2, -0.15) is 0 Å². The third-order valence-electron chi connectivity index (χ3n) is 4.76. The van der Waals surface area contributed by atoms with E-state index in [4.69, 9.17) is 0 Å². The Hall–Kier alpha value is -2.91. The fourth-order valence-corrected chi connectivity index (χ4v) is 3.35. The van der Waals surface area contributed by atoms with E-state index in [9.17, 15) is 0 Å². The van der Waals surface area contributed by atoms with Gasteiger partial charge in [0.1, 0.15) is 5.65 Å². The standard InChI is InChI=1S/C23H23N3/c1-17(15-18-5-3-2-4-6-18)26-16-19-7-9-20(10-8-19)21-11-13-24-23-22(21)12-14-25-23/h2-14,17,26H,15-16H2,1H3,(H,24,25). The highest BCUT2D eigenvalue weighted by Gasteiger charge is 2.06. The molecule has 2 heterocycles. The first-order chi connectivity index (χ1) is 12.8. The van der Waals surface area contributed by atoms with Crippen molar-refractivity contribution in [1.82, 2.24) is 15.3 Å². The van der Waals surface area contributed by atoms with E-state index in [2.05, 4.69) is 88.9 Å². The second kappa shape index (κ2) is 7.54. The zero-order valence-electron chi connectivity index (χ0n) is 14.9. The van der Waals surface area contributed by atoms with Gasteiger partial charge in [0, 0.05) is 30.4 Å². The molecule has 26 heavy (non-hydrogen) atoms. The van der Waals surface area contributed by atoms with Crippen LogP contribution >= 0.6 is 0 Å². The Morgan fingerprint density at radius 2 is 1.73 bits per heavy atom. The van der Waals surface area contributed by atoms with Gasteiger partial charge in [-0.15, -0.1) is 0 Å². The number of aromatic amines is 1. The van der Waals surface area contributed by atoms with Crippen molar-refractivity contribution in [2.75, 3.05) is 0 Å². The van der Waals surface area contributed by atoms with Crippen LogP contribution in [-0.2, 0) is 13.0 Å². The molecule has 4 aromatic rings. The van der Waals surface area contributed by atoms with Crippen molar-refractivity contribution < 1.29 is 0 Å². The number of benzene rings is 2. The van der Waals surface area contributed by atoms with Crippen molar-refractivity contribution in [2.45, 2.75) is 25.9 Å². The number of aromatic nitrogens is 2. The van der Waals surface area contributed by atoms with E-state index in [0.717, 1.165) is 24.0 Å². The molecule has 0 aliphatic carbocycles. The van der Waals surface area contributed by atoms with Gasteiger partial charge in [-0.05, 0) is 47.7 Å². The summed E-state index contributed by atoms with van der Waals surface area (Å²) in [5, 5.41) is 4.78. The molecular weight excluding hydrogens is 318 g/mol. The molecule has 4 rings (SSSR count). The van der Waals surface area contributed by atoms with Crippen LogP contribution < -0.4 is 5.32 Å². The second-order valence-electron chi connectivity index (χ2n) is 6.77. The lowest BCUT2D eigenvalue weighted by Crippen LogP contribution is -2.27. The Labute approximate surface area is 154 Å². The highest BCUT2D eigenvalue weighted by molar-refractivity contribution is 5.92. The molecule has 1 unspecified atom stereocenters. The quantitative estimate of drug-likeness (QED) is 0.521. The van der Waals surface area contributed by atoms with E-state index < -0.39 is 0 Å². The van der Waals surface area contributed by atoms with Gasteiger partial charge < -0.3 is 10.3 Å². The van der Waals surface area contributed by atoms with Gasteiger partial charge in [-0.25, -0.2) is 4.98 Å². The van der Waals surface area contributed by atoms with E-state index >= 15 is 0 Å². The topological polar surface area (TPSA) is 40.7 Å². The highest BCUT2D eigenvalue weighted by atomic mass is 14.9. The van der Waals surface area contributed by atoms with Crippen LogP contribution in [0.15, 0.2) is 79.1 Å². The number of hydrogen-bond donors (Lipinski definition) is 2. The third-order valence-corrected chi connectivity index (χ3v) is 4.76. The first-order valence-electron chi connectivity index (χ1n) is 9.08. The number of pyridine rings is 1. The molecule has 0 aliphatic rings. The van der Waals surface area contributed by atoms with E-state index in [1.165, 1.54) is 22.3 Å². The number of H-pyrrole nitrogens is 1. The van der Waals surface area contributed by atoms with Gasteiger partial charge in [0.25, 0.3) is 0 Å². The van der Waals surface area contributed by atoms with Gasteiger partial charge in [0.2, 0.25) is 0 Å². The van der Waals surface area contributed by atoms with E-state index in [-0.39, 0.29) is 0 Å². The van der Waals surface area contributed by atoms with Crippen LogP contribution in [0.4, 0.5) is 0 Å². The summed E-state index contributed by atoms with van der Waals surface area (Å²) in [5.41, 5.74) is 6.04. The number of nitrogens with zero attached hydrogens (tertiary/aromatic N) is 1. The van der Waals surface area contributed by atoms with Crippen LogP contribution in [0.25, 0.3) is 22.2 Å². The van der Waals surface area contributed by atoms with Crippen LogP contribution in [0.1, 0.15) is 18.1 Å². The average Bonchev–Trinajstić information content (AvgIpc) is 3.16. The van der Waals surface area contributed by atoms with Gasteiger partial charge in [0.15, 0.2) is 0 Å². The molecule has 3 heteroatoms. The van der Waals surface area contributed by atoms with Crippen molar-refractivity contribution in [3.63, 3.8) is 0 Å². The van der Waals surface area contributed by atoms with E-state index in [1.807, 2.05) is 12.4 Å². The van der Waals surface area contributed by atoms with Gasteiger partial charge in [-0.1, -0.05) is 54.6 Å². The molecule has 0 saturated carbocycles. The van der Waals surface area contributed by atoms with Crippen molar-refractivity contribution in [3.05, 3.63) is 90.3 Å². The maximum atomic E-state index is 4.36. The second-order valence-corrected chi connectivity index (χ2v) is 6.77. The zero-order valence-corrected chi connectivity index (χ0v) is 14.9. The Morgan fingerprint density at radius 1 is 0.923 bits per heavy atom. The maximum Gasteiger partial charge on any atom is 0.137 e. The molecule has 0 spiro atoms. The molecular formula is C23H23N3. The minimum Gasteiger partial charge on any atom is -0.346 e. The summed E-state index contributed by atoms with van der Waals surface area (Å²) in [6, 6.07) is 24.0. The summed E-state index contributed by atoms with van der Waals surface area (Å²) in [6.07, 6.45) is 4.84. The molecule has 0 fully saturated rings. The Bertz CT molecular complexity index is 971. The molecule has 0 saturated heterocycles. The molecule has 2 aromatic heterocycles. The number of hydrogen-bond acceptors (Lipinski definition) is 2. The average molecular weight is 341 g/mol. The van der Waals surface area contributed by atoms with Crippen LogP contribution in [0.2, 0.25) is 0 Å². The lowest BCUT2D eigenvalue weighted by Gasteiger charge is -2.14. The fraction of sp³-hybridized carbons (Fsp3) is 0.174. The summed E-state index contributed by atoms with van der Waals surface area (Å²) >= 11 is 0. The first-order valence-corrected chi connectivity index (χ1v) is 9.08. The Morgan fingerprint density at radius 3 is 2.54 bits per heavy atom. The fourth-order valence-electron chi connectivity index (χ4n) is 3.35. The van der Waals surface area contributed by atoms with Gasteiger partial charge >= 0.3 is 0 Å². The highest BCUT2D eigenvalue weighted by Crippen LogP contribution is 2.27. The first kappa shape index (κ1) is 16.6. The van der Waals surface area contributed by atoms with E-state index in [1.54, 1.807) is 0 Å². The summed E-state index contributed by atoms with van der Waals surface area (Å²) in [5.74, 6) is 0.